The van der Waals surface area contributed by atoms with Crippen molar-refractivity contribution in [1.29, 1.82) is 0 Å². The molecule has 0 spiro atoms. The lowest BCUT2D eigenvalue weighted by Gasteiger charge is -2.10. The molecule has 1 rings (SSSR count). The summed E-state index contributed by atoms with van der Waals surface area (Å²) in [7, 11) is -4.36. The molecule has 1 heterocycles. The molecule has 0 fully saturated rings. The van der Waals surface area contributed by atoms with Gasteiger partial charge in [0.25, 0.3) is 6.43 Å². The molecule has 0 aliphatic carbocycles. The molecular weight excluding hydrogens is 252 g/mol. The number of pyridine rings is 1. The fraction of sp³-hybridized carbons (Fsp3) is 0.167. The van der Waals surface area contributed by atoms with Gasteiger partial charge in [0, 0.05) is 0 Å². The van der Waals surface area contributed by atoms with E-state index in [-0.39, 0.29) is 0 Å². The van der Waals surface area contributed by atoms with Crippen molar-refractivity contribution in [1.82, 2.24) is 4.98 Å². The number of halogens is 3. The third-order valence-electron chi connectivity index (χ3n) is 1.55. The van der Waals surface area contributed by atoms with E-state index in [2.05, 4.69) is 4.98 Å². The summed E-state index contributed by atoms with van der Waals surface area (Å²) < 4.78 is 47.0. The summed E-state index contributed by atoms with van der Waals surface area (Å²) in [6.45, 7) is 0. The van der Waals surface area contributed by atoms with Crippen molar-refractivity contribution in [2.24, 2.45) is 5.14 Å². The normalized spacial score (nSPS) is 12.1. The second-order valence-electron chi connectivity index (χ2n) is 2.59. The SMILES string of the molecule is Nc1cnc(Cl)c(C(F)F)c1S(N)(=O)=O. The maximum atomic E-state index is 12.5. The minimum absolute atomic E-state index is 0.461. The molecule has 15 heavy (non-hydrogen) atoms. The minimum atomic E-state index is -4.36. The molecular formula is C6H6ClF2N3O2S. The van der Waals surface area contributed by atoms with Gasteiger partial charge in [0.15, 0.2) is 0 Å². The van der Waals surface area contributed by atoms with E-state index in [1.807, 2.05) is 0 Å². The quantitative estimate of drug-likeness (QED) is 0.769. The summed E-state index contributed by atoms with van der Waals surface area (Å²) >= 11 is 5.34. The second-order valence-corrected chi connectivity index (χ2v) is 4.45. The van der Waals surface area contributed by atoms with Gasteiger partial charge in [-0.2, -0.15) is 0 Å². The predicted octanol–water partition coefficient (Wildman–Crippen LogP) is 0.902. The Morgan fingerprint density at radius 3 is 2.33 bits per heavy atom. The van der Waals surface area contributed by atoms with E-state index in [1.54, 1.807) is 0 Å². The Hall–Kier alpha value is -0.990. The van der Waals surface area contributed by atoms with Crippen LogP contribution in [-0.2, 0) is 10.0 Å². The fourth-order valence-electron chi connectivity index (χ4n) is 1.01. The molecule has 0 bridgehead atoms. The van der Waals surface area contributed by atoms with Crippen LogP contribution in [0.4, 0.5) is 14.5 Å². The maximum Gasteiger partial charge on any atom is 0.268 e. The van der Waals surface area contributed by atoms with Crippen LogP contribution in [0.3, 0.4) is 0 Å². The number of hydrogen-bond acceptors (Lipinski definition) is 4. The molecule has 1 aromatic rings. The van der Waals surface area contributed by atoms with Gasteiger partial charge >= 0.3 is 0 Å². The molecule has 0 aromatic carbocycles. The maximum absolute atomic E-state index is 12.5. The number of nitrogens with zero attached hydrogens (tertiary/aromatic N) is 1. The molecule has 4 N–H and O–H groups in total. The van der Waals surface area contributed by atoms with Gasteiger partial charge in [-0.15, -0.1) is 0 Å². The van der Waals surface area contributed by atoms with Crippen molar-refractivity contribution in [2.45, 2.75) is 11.3 Å². The van der Waals surface area contributed by atoms with Gasteiger partial charge in [-0.3, -0.25) is 0 Å². The van der Waals surface area contributed by atoms with Crippen molar-refractivity contribution in [3.8, 4) is 0 Å². The average molecular weight is 258 g/mol. The number of anilines is 1. The fourth-order valence-corrected chi connectivity index (χ4v) is 2.17. The number of primary sulfonamides is 1. The predicted molar refractivity (Wildman–Crippen MR) is 50.0 cm³/mol. The van der Waals surface area contributed by atoms with Gasteiger partial charge in [0.05, 0.1) is 17.4 Å². The third-order valence-corrected chi connectivity index (χ3v) is 2.87. The Bertz CT molecular complexity index is 491. The number of hydrogen-bond donors (Lipinski definition) is 2. The Morgan fingerprint density at radius 2 is 2.00 bits per heavy atom. The zero-order chi connectivity index (χ0) is 11.8. The molecule has 5 nitrogen and oxygen atoms in total. The average Bonchev–Trinajstić information content (AvgIpc) is 2.05. The number of sulfonamides is 1. The van der Waals surface area contributed by atoms with Crippen molar-refractivity contribution in [3.05, 3.63) is 16.9 Å². The number of rotatable bonds is 2. The van der Waals surface area contributed by atoms with Gasteiger partial charge in [0.2, 0.25) is 10.0 Å². The van der Waals surface area contributed by atoms with Crippen LogP contribution < -0.4 is 10.9 Å². The highest BCUT2D eigenvalue weighted by Gasteiger charge is 2.27. The van der Waals surface area contributed by atoms with Crippen LogP contribution in [-0.4, -0.2) is 13.4 Å². The Labute approximate surface area is 89.1 Å². The van der Waals surface area contributed by atoms with E-state index in [9.17, 15) is 17.2 Å². The summed E-state index contributed by atoms with van der Waals surface area (Å²) in [6, 6.07) is 0. The van der Waals surface area contributed by atoms with Crippen molar-refractivity contribution in [3.63, 3.8) is 0 Å². The molecule has 0 amide bonds. The van der Waals surface area contributed by atoms with E-state index < -0.39 is 37.7 Å². The molecule has 0 saturated heterocycles. The van der Waals surface area contributed by atoms with E-state index in [1.165, 1.54) is 0 Å². The lowest BCUT2D eigenvalue weighted by atomic mass is 10.3. The zero-order valence-electron chi connectivity index (χ0n) is 7.12. The van der Waals surface area contributed by atoms with Crippen molar-refractivity contribution >= 4 is 27.3 Å². The van der Waals surface area contributed by atoms with Gasteiger partial charge < -0.3 is 5.73 Å². The Kier molecular flexibility index (Phi) is 3.12. The molecule has 0 aliphatic heterocycles. The Balaban J connectivity index is 3.68. The van der Waals surface area contributed by atoms with Crippen LogP contribution in [0.2, 0.25) is 5.15 Å². The van der Waals surface area contributed by atoms with Gasteiger partial charge in [-0.05, 0) is 0 Å². The minimum Gasteiger partial charge on any atom is -0.396 e. The summed E-state index contributed by atoms with van der Waals surface area (Å²) in [5.41, 5.74) is 3.77. The molecule has 9 heteroatoms. The number of aromatic nitrogens is 1. The molecule has 0 unspecified atom stereocenters. The molecule has 1 aromatic heterocycles. The van der Waals surface area contributed by atoms with Gasteiger partial charge in [-0.25, -0.2) is 27.3 Å². The first kappa shape index (κ1) is 12.1. The van der Waals surface area contributed by atoms with E-state index in [0.29, 0.717) is 0 Å². The van der Waals surface area contributed by atoms with Gasteiger partial charge in [0.1, 0.15) is 10.0 Å². The summed E-state index contributed by atoms with van der Waals surface area (Å²) in [5.74, 6) is 0. The molecule has 84 valence electrons. The Morgan fingerprint density at radius 1 is 1.47 bits per heavy atom. The lowest BCUT2D eigenvalue weighted by Crippen LogP contribution is -2.17. The van der Waals surface area contributed by atoms with Crippen LogP contribution in [0.15, 0.2) is 11.1 Å². The van der Waals surface area contributed by atoms with Crippen LogP contribution >= 0.6 is 11.6 Å². The lowest BCUT2D eigenvalue weighted by molar-refractivity contribution is 0.147. The van der Waals surface area contributed by atoms with Crippen molar-refractivity contribution in [2.75, 3.05) is 5.73 Å². The standard InChI is InChI=1S/C6H6ClF2N3O2S/c7-5-3(6(8)9)4(15(11,13)14)2(10)1-12-5/h1,6H,10H2,(H2,11,13,14). The number of alkyl halides is 2. The van der Waals surface area contributed by atoms with Crippen LogP contribution in [0, 0.1) is 0 Å². The van der Waals surface area contributed by atoms with Gasteiger partial charge in [-0.1, -0.05) is 11.6 Å². The summed E-state index contributed by atoms with van der Waals surface area (Å²) in [4.78, 5) is 2.44. The first-order valence-corrected chi connectivity index (χ1v) is 5.42. The van der Waals surface area contributed by atoms with Crippen LogP contribution in [0.1, 0.15) is 12.0 Å². The smallest absolute Gasteiger partial charge is 0.268 e. The van der Waals surface area contributed by atoms with E-state index >= 15 is 0 Å². The first-order chi connectivity index (χ1) is 6.75. The molecule has 0 atom stereocenters. The number of nitrogens with two attached hydrogens (primary N) is 2. The summed E-state index contributed by atoms with van der Waals surface area (Å²) in [5, 5.41) is 4.10. The second kappa shape index (κ2) is 3.87. The molecule has 0 radical (unpaired) electrons. The molecule has 0 saturated carbocycles. The summed E-state index contributed by atoms with van der Waals surface area (Å²) in [6.07, 6.45) is -2.27. The highest BCUT2D eigenvalue weighted by Crippen LogP contribution is 2.34. The van der Waals surface area contributed by atoms with Crippen molar-refractivity contribution < 1.29 is 17.2 Å². The zero-order valence-corrected chi connectivity index (χ0v) is 8.69. The third kappa shape index (κ3) is 2.33. The highest BCUT2D eigenvalue weighted by molar-refractivity contribution is 7.89. The van der Waals surface area contributed by atoms with E-state index in [0.717, 1.165) is 6.20 Å². The van der Waals surface area contributed by atoms with Crippen LogP contribution in [0.5, 0.6) is 0 Å². The van der Waals surface area contributed by atoms with Crippen LogP contribution in [0.25, 0.3) is 0 Å². The molecule has 0 aliphatic rings. The highest BCUT2D eigenvalue weighted by atomic mass is 35.5. The topological polar surface area (TPSA) is 99.1 Å². The number of nitrogen functional groups attached to an aromatic ring is 1. The largest absolute Gasteiger partial charge is 0.396 e. The first-order valence-electron chi connectivity index (χ1n) is 3.50. The van der Waals surface area contributed by atoms with E-state index in [4.69, 9.17) is 22.5 Å². The monoisotopic (exact) mass is 257 g/mol.